The summed E-state index contributed by atoms with van der Waals surface area (Å²) in [6.45, 7) is 0. The van der Waals surface area contributed by atoms with Crippen LogP contribution in [0.1, 0.15) is 0 Å². The van der Waals surface area contributed by atoms with Crippen LogP contribution >= 0.6 is 0 Å². The molecule has 1 aromatic heterocycles. The highest BCUT2D eigenvalue weighted by Crippen LogP contribution is 2.30. The van der Waals surface area contributed by atoms with Gasteiger partial charge in [0.15, 0.2) is 11.6 Å². The maximum absolute atomic E-state index is 13.7. The lowest BCUT2D eigenvalue weighted by atomic mass is 10.0. The van der Waals surface area contributed by atoms with Crippen LogP contribution < -0.4 is 9.64 Å². The summed E-state index contributed by atoms with van der Waals surface area (Å²) in [7, 11) is 1.42. The maximum Gasteiger partial charge on any atom is 0.411 e. The first-order valence-electron chi connectivity index (χ1n) is 7.71. The Kier molecular flexibility index (Phi) is 4.98. The number of halogens is 3. The van der Waals surface area contributed by atoms with Crippen molar-refractivity contribution in [3.63, 3.8) is 0 Å². The molecule has 3 rings (SSSR count). The van der Waals surface area contributed by atoms with Crippen LogP contribution in [0.15, 0.2) is 54.6 Å². The van der Waals surface area contributed by atoms with Gasteiger partial charge in [-0.1, -0.05) is 24.3 Å². The van der Waals surface area contributed by atoms with Crippen molar-refractivity contribution in [2.75, 3.05) is 11.9 Å². The third-order valence-electron chi connectivity index (χ3n) is 3.76. The van der Waals surface area contributed by atoms with Crippen LogP contribution in [0.25, 0.3) is 11.1 Å². The summed E-state index contributed by atoms with van der Waals surface area (Å²) in [4.78, 5) is 15.3. The standard InChI is InChI=1S/C19H13F3N2O3/c1-24(19(25)26)13-6-2-4-11(8-13)12-5-3-7-14(9-12)27-18-16(21)10-15(20)17(22)23-18/h2-10H,1H3,(H,25,26). The molecule has 138 valence electrons. The molecule has 0 fully saturated rings. The van der Waals surface area contributed by atoms with Gasteiger partial charge in [-0.05, 0) is 35.4 Å². The first kappa shape index (κ1) is 18.2. The zero-order chi connectivity index (χ0) is 19.6. The quantitative estimate of drug-likeness (QED) is 0.648. The van der Waals surface area contributed by atoms with Crippen LogP contribution in [0.4, 0.5) is 23.7 Å². The highest BCUT2D eigenvalue weighted by Gasteiger charge is 2.14. The van der Waals surface area contributed by atoms with Crippen molar-refractivity contribution in [3.05, 3.63) is 72.2 Å². The Labute approximate surface area is 152 Å². The van der Waals surface area contributed by atoms with Crippen molar-refractivity contribution in [2.45, 2.75) is 0 Å². The average Bonchev–Trinajstić information content (AvgIpc) is 2.66. The molecule has 27 heavy (non-hydrogen) atoms. The van der Waals surface area contributed by atoms with Crippen molar-refractivity contribution in [1.82, 2.24) is 4.98 Å². The number of benzene rings is 2. The summed E-state index contributed by atoms with van der Waals surface area (Å²) in [6.07, 6.45) is -1.11. The monoisotopic (exact) mass is 374 g/mol. The summed E-state index contributed by atoms with van der Waals surface area (Å²) < 4.78 is 45.1. The minimum atomic E-state index is -1.47. The minimum Gasteiger partial charge on any atom is -0.465 e. The molecule has 0 aliphatic heterocycles. The number of nitrogens with zero attached hydrogens (tertiary/aromatic N) is 2. The topological polar surface area (TPSA) is 62.7 Å². The first-order valence-corrected chi connectivity index (χ1v) is 7.71. The second kappa shape index (κ2) is 7.36. The fourth-order valence-electron chi connectivity index (χ4n) is 2.36. The van der Waals surface area contributed by atoms with Gasteiger partial charge in [-0.3, -0.25) is 4.90 Å². The van der Waals surface area contributed by atoms with E-state index in [0.29, 0.717) is 22.9 Å². The largest absolute Gasteiger partial charge is 0.465 e. The fourth-order valence-corrected chi connectivity index (χ4v) is 2.36. The Balaban J connectivity index is 1.92. The molecular weight excluding hydrogens is 361 g/mol. The molecule has 2 aromatic carbocycles. The van der Waals surface area contributed by atoms with E-state index >= 15 is 0 Å². The van der Waals surface area contributed by atoms with Gasteiger partial charge in [-0.2, -0.15) is 9.37 Å². The lowest BCUT2D eigenvalue weighted by Gasteiger charge is -2.14. The Morgan fingerprint density at radius 1 is 1.00 bits per heavy atom. The molecular formula is C19H13F3N2O3. The molecule has 0 aliphatic rings. The van der Waals surface area contributed by atoms with Gasteiger partial charge in [0.25, 0.3) is 11.8 Å². The van der Waals surface area contributed by atoms with Crippen molar-refractivity contribution in [3.8, 4) is 22.8 Å². The molecule has 0 unspecified atom stereocenters. The van der Waals surface area contributed by atoms with Crippen molar-refractivity contribution in [1.29, 1.82) is 0 Å². The van der Waals surface area contributed by atoms with E-state index in [4.69, 9.17) is 9.84 Å². The summed E-state index contributed by atoms with van der Waals surface area (Å²) >= 11 is 0. The number of amides is 1. The van der Waals surface area contributed by atoms with E-state index in [-0.39, 0.29) is 5.75 Å². The lowest BCUT2D eigenvalue weighted by Crippen LogP contribution is -2.23. The van der Waals surface area contributed by atoms with E-state index in [9.17, 15) is 18.0 Å². The van der Waals surface area contributed by atoms with Crippen molar-refractivity contribution in [2.24, 2.45) is 0 Å². The molecule has 1 N–H and O–H groups in total. The van der Waals surface area contributed by atoms with E-state index in [1.807, 2.05) is 0 Å². The van der Waals surface area contributed by atoms with Crippen LogP contribution in [0.5, 0.6) is 11.6 Å². The first-order chi connectivity index (χ1) is 12.8. The Hall–Kier alpha value is -3.55. The zero-order valence-electron chi connectivity index (χ0n) is 14.0. The molecule has 1 heterocycles. The zero-order valence-corrected chi connectivity index (χ0v) is 14.0. The van der Waals surface area contributed by atoms with Crippen LogP contribution in [-0.4, -0.2) is 23.2 Å². The third kappa shape index (κ3) is 4.00. The SMILES string of the molecule is CN(C(=O)O)c1cccc(-c2cccc(Oc3nc(F)c(F)cc3F)c2)c1. The molecule has 0 saturated heterocycles. The predicted octanol–water partition coefficient (Wildman–Crippen LogP) is 5.07. The van der Waals surface area contributed by atoms with Gasteiger partial charge in [0.2, 0.25) is 0 Å². The van der Waals surface area contributed by atoms with Crippen LogP contribution in [0, 0.1) is 17.6 Å². The number of rotatable bonds is 4. The maximum atomic E-state index is 13.7. The second-order valence-corrected chi connectivity index (χ2v) is 5.57. The number of anilines is 1. The summed E-state index contributed by atoms with van der Waals surface area (Å²) in [6, 6.07) is 13.5. The van der Waals surface area contributed by atoms with E-state index in [1.54, 1.807) is 42.5 Å². The third-order valence-corrected chi connectivity index (χ3v) is 3.76. The number of hydrogen-bond donors (Lipinski definition) is 1. The molecule has 0 aliphatic carbocycles. The van der Waals surface area contributed by atoms with Crippen LogP contribution in [0.2, 0.25) is 0 Å². The Bertz CT molecular complexity index is 1010. The van der Waals surface area contributed by atoms with Gasteiger partial charge < -0.3 is 9.84 Å². The van der Waals surface area contributed by atoms with E-state index < -0.39 is 29.6 Å². The fraction of sp³-hybridized carbons (Fsp3) is 0.0526. The molecule has 0 saturated carbocycles. The Morgan fingerprint density at radius 3 is 2.37 bits per heavy atom. The number of ether oxygens (including phenoxy) is 1. The normalized spacial score (nSPS) is 10.5. The number of aromatic nitrogens is 1. The summed E-state index contributed by atoms with van der Waals surface area (Å²) in [5.74, 6) is -4.54. The van der Waals surface area contributed by atoms with E-state index in [1.165, 1.54) is 13.1 Å². The summed E-state index contributed by atoms with van der Waals surface area (Å²) in [5, 5.41) is 9.08. The van der Waals surface area contributed by atoms with Gasteiger partial charge in [0.1, 0.15) is 5.75 Å². The minimum absolute atomic E-state index is 0.155. The number of carbonyl (C=O) groups is 1. The molecule has 8 heteroatoms. The van der Waals surface area contributed by atoms with Gasteiger partial charge in [-0.15, -0.1) is 0 Å². The van der Waals surface area contributed by atoms with Crippen molar-refractivity contribution >= 4 is 11.8 Å². The van der Waals surface area contributed by atoms with E-state index in [0.717, 1.165) is 4.90 Å². The number of pyridine rings is 1. The molecule has 0 spiro atoms. The smallest absolute Gasteiger partial charge is 0.411 e. The predicted molar refractivity (Wildman–Crippen MR) is 92.5 cm³/mol. The molecule has 5 nitrogen and oxygen atoms in total. The van der Waals surface area contributed by atoms with Gasteiger partial charge >= 0.3 is 6.09 Å². The van der Waals surface area contributed by atoms with E-state index in [2.05, 4.69) is 4.98 Å². The number of carboxylic acid groups (broad SMARTS) is 1. The molecule has 3 aromatic rings. The van der Waals surface area contributed by atoms with Crippen molar-refractivity contribution < 1.29 is 27.8 Å². The van der Waals surface area contributed by atoms with Gasteiger partial charge in [-0.25, -0.2) is 13.6 Å². The molecule has 0 bridgehead atoms. The van der Waals surface area contributed by atoms with Gasteiger partial charge in [0, 0.05) is 18.8 Å². The van der Waals surface area contributed by atoms with Crippen LogP contribution in [-0.2, 0) is 0 Å². The highest BCUT2D eigenvalue weighted by atomic mass is 19.2. The van der Waals surface area contributed by atoms with Gasteiger partial charge in [0.05, 0.1) is 0 Å². The molecule has 1 amide bonds. The second-order valence-electron chi connectivity index (χ2n) is 5.57. The lowest BCUT2D eigenvalue weighted by molar-refractivity contribution is 0.203. The highest BCUT2D eigenvalue weighted by molar-refractivity contribution is 5.86. The molecule has 0 radical (unpaired) electrons. The average molecular weight is 374 g/mol. The van der Waals surface area contributed by atoms with Crippen LogP contribution in [0.3, 0.4) is 0 Å². The summed E-state index contributed by atoms with van der Waals surface area (Å²) in [5.41, 5.74) is 1.79. The Morgan fingerprint density at radius 2 is 1.67 bits per heavy atom. The number of hydrogen-bond acceptors (Lipinski definition) is 3. The molecule has 0 atom stereocenters.